The highest BCUT2D eigenvalue weighted by Crippen LogP contribution is 2.47. The van der Waals surface area contributed by atoms with E-state index >= 15 is 0 Å². The lowest BCUT2D eigenvalue weighted by atomic mass is 9.85. The molecule has 0 bridgehead atoms. The number of aromatic hydroxyl groups is 1. The maximum atomic E-state index is 14.1. The number of aromatic nitrogens is 1. The molecule has 1 saturated heterocycles. The molecule has 5 aromatic carbocycles. The van der Waals surface area contributed by atoms with Crippen LogP contribution in [0.1, 0.15) is 44.0 Å². The van der Waals surface area contributed by atoms with E-state index in [4.69, 9.17) is 14.2 Å². The van der Waals surface area contributed by atoms with E-state index in [1.54, 1.807) is 41.7 Å². The molecule has 71 heavy (non-hydrogen) atoms. The molecule has 0 unspecified atom stereocenters. The maximum Gasteiger partial charge on any atom is 0.258 e. The van der Waals surface area contributed by atoms with Crippen LogP contribution in [-0.4, -0.2) is 101 Å². The topological polar surface area (TPSA) is 163 Å². The first-order valence-electron chi connectivity index (χ1n) is 23.5. The minimum absolute atomic E-state index is 0.0236. The molecule has 16 heteroatoms. The smallest absolute Gasteiger partial charge is 0.258 e. The fourth-order valence-corrected chi connectivity index (χ4v) is 10.3. The number of ether oxygens (including phenoxy) is 3. The molecule has 0 aliphatic carbocycles. The zero-order valence-electron chi connectivity index (χ0n) is 40.3. The second-order valence-electron chi connectivity index (χ2n) is 18.8. The van der Waals surface area contributed by atoms with Gasteiger partial charge in [-0.05, 0) is 115 Å². The normalized spacial score (nSPS) is 15.2. The van der Waals surface area contributed by atoms with E-state index in [2.05, 4.69) is 20.5 Å². The van der Waals surface area contributed by atoms with Crippen molar-refractivity contribution in [3.8, 4) is 49.6 Å². The molecule has 7 aromatic rings. The number of phenolic OH excluding ortho intramolecular Hbond substituents is 1. The van der Waals surface area contributed by atoms with Crippen LogP contribution in [0.3, 0.4) is 0 Å². The number of amides is 3. The van der Waals surface area contributed by atoms with E-state index in [1.165, 1.54) is 28.4 Å². The number of nitrogens with zero attached hydrogens (tertiary/aromatic N) is 3. The number of thiazole rings is 1. The first-order valence-corrected chi connectivity index (χ1v) is 25.1. The Balaban J connectivity index is 0.780. The predicted molar refractivity (Wildman–Crippen MR) is 276 cm³/mol. The molecule has 0 saturated carbocycles. The number of aryl methyl sites for hydroxylation is 1. The van der Waals surface area contributed by atoms with Gasteiger partial charge in [-0.2, -0.15) is 0 Å². The molecular formula is C55H58FN5O8S2. The molecule has 13 nitrogen and oxygen atoms in total. The molecule has 1 fully saturated rings. The number of aliphatic hydroxyl groups is 1. The van der Waals surface area contributed by atoms with Crippen LogP contribution in [-0.2, 0) is 27.3 Å². The van der Waals surface area contributed by atoms with Crippen molar-refractivity contribution in [2.24, 2.45) is 5.41 Å². The van der Waals surface area contributed by atoms with Gasteiger partial charge in [0.2, 0.25) is 11.8 Å². The lowest BCUT2D eigenvalue weighted by Gasteiger charge is -2.35. The van der Waals surface area contributed by atoms with Crippen LogP contribution in [0.2, 0.25) is 0 Å². The summed E-state index contributed by atoms with van der Waals surface area (Å²) in [6.45, 7) is 9.25. The van der Waals surface area contributed by atoms with Gasteiger partial charge in [0.1, 0.15) is 47.5 Å². The number of benzene rings is 5. The van der Waals surface area contributed by atoms with Crippen molar-refractivity contribution in [1.82, 2.24) is 25.4 Å². The van der Waals surface area contributed by atoms with Crippen LogP contribution >= 0.6 is 22.7 Å². The third-order valence-electron chi connectivity index (χ3n) is 12.3. The summed E-state index contributed by atoms with van der Waals surface area (Å²) in [7, 11) is 2.02. The summed E-state index contributed by atoms with van der Waals surface area (Å²) < 4.78 is 32.9. The number of fused-ring (bicyclic) bond motifs is 1. The van der Waals surface area contributed by atoms with Gasteiger partial charge in [0.05, 0.1) is 27.1 Å². The Hall–Kier alpha value is -6.85. The van der Waals surface area contributed by atoms with Crippen LogP contribution in [0, 0.1) is 18.2 Å². The third-order valence-corrected chi connectivity index (χ3v) is 14.4. The SMILES string of the molecule is Cc1ncsc1-c1ccc(CNC(=O)[C@@H]2C[C@@H](O)CN2C(=O)[C@@H](NC(=O)COc2cccc(CCN(C)CCOc3ccc(Oc4c(-c5ccc(F)cc5)sc5cc(O)ccc45)cc3)c2)C(C)(C)C)cc1. The first kappa shape index (κ1) is 50.5. The summed E-state index contributed by atoms with van der Waals surface area (Å²) in [5, 5.41) is 27.4. The number of hydrogen-bond donors (Lipinski definition) is 4. The summed E-state index contributed by atoms with van der Waals surface area (Å²) in [4.78, 5) is 50.8. The Morgan fingerprint density at radius 1 is 0.873 bits per heavy atom. The van der Waals surface area contributed by atoms with Crippen molar-refractivity contribution in [1.29, 1.82) is 0 Å². The summed E-state index contributed by atoms with van der Waals surface area (Å²) in [6, 6.07) is 32.3. The third kappa shape index (κ3) is 12.9. The van der Waals surface area contributed by atoms with E-state index in [-0.39, 0.29) is 43.6 Å². The molecule has 3 heterocycles. The van der Waals surface area contributed by atoms with Crippen LogP contribution in [0.15, 0.2) is 121 Å². The van der Waals surface area contributed by atoms with Crippen molar-refractivity contribution >= 4 is 50.5 Å². The second-order valence-corrected chi connectivity index (χ2v) is 20.7. The number of β-amino-alcohol motifs (C(OH)–C–C–N with tert-alkyl or cyclic N) is 1. The van der Waals surface area contributed by atoms with Gasteiger partial charge in [-0.25, -0.2) is 9.37 Å². The number of likely N-dealkylation sites (N-methyl/N-ethyl adjacent to an activating group) is 1. The predicted octanol–water partition coefficient (Wildman–Crippen LogP) is 9.38. The monoisotopic (exact) mass is 999 g/mol. The molecule has 4 N–H and O–H groups in total. The van der Waals surface area contributed by atoms with Crippen LogP contribution < -0.4 is 24.8 Å². The Morgan fingerprint density at radius 3 is 2.31 bits per heavy atom. The molecular weight excluding hydrogens is 942 g/mol. The highest BCUT2D eigenvalue weighted by Gasteiger charge is 2.44. The molecule has 3 amide bonds. The standard InChI is InChI=1S/C55H58FN5O8S2/c1-34-50(70-33-58-34)37-11-9-36(10-12-37)30-57-53(65)46-28-41(63)31-61(46)54(66)52(55(2,3)4)59-48(64)32-68-44-8-6-7-35(27-44)23-24-60(5)25-26-67-42-18-20-43(21-19-42)69-49-45-22-17-40(62)29-47(45)71-51(49)38-13-15-39(56)16-14-38/h6-22,27,29,33,41,46,52,62-63H,23-26,28,30-32H2,1-5H3,(H,57,65)(H,59,64)/t41-,46+,52-/m1/s1. The van der Waals surface area contributed by atoms with Gasteiger partial charge in [-0.15, -0.1) is 22.7 Å². The van der Waals surface area contributed by atoms with Crippen molar-refractivity contribution < 1.29 is 43.2 Å². The Morgan fingerprint density at radius 2 is 1.59 bits per heavy atom. The Bertz CT molecular complexity index is 2950. The average Bonchev–Trinajstić information content (AvgIpc) is 4.07. The molecule has 370 valence electrons. The van der Waals surface area contributed by atoms with E-state index in [0.717, 1.165) is 60.8 Å². The summed E-state index contributed by atoms with van der Waals surface area (Å²) >= 11 is 3.03. The number of likely N-dealkylation sites (tertiary alicyclic amines) is 1. The largest absolute Gasteiger partial charge is 0.508 e. The van der Waals surface area contributed by atoms with Gasteiger partial charge in [-0.1, -0.05) is 69.3 Å². The molecule has 3 atom stereocenters. The van der Waals surface area contributed by atoms with Gasteiger partial charge in [0, 0.05) is 42.7 Å². The van der Waals surface area contributed by atoms with Crippen molar-refractivity contribution in [2.75, 3.05) is 39.9 Å². The van der Waals surface area contributed by atoms with E-state index in [1.807, 2.05) is 113 Å². The lowest BCUT2D eigenvalue weighted by Crippen LogP contribution is -2.58. The highest BCUT2D eigenvalue weighted by atomic mass is 32.1. The number of nitrogens with one attached hydrogen (secondary N) is 2. The van der Waals surface area contributed by atoms with E-state index in [9.17, 15) is 29.0 Å². The van der Waals surface area contributed by atoms with Crippen LogP contribution in [0.25, 0.3) is 31.0 Å². The van der Waals surface area contributed by atoms with Gasteiger partial charge in [0.25, 0.3) is 5.91 Å². The number of aliphatic hydroxyl groups excluding tert-OH is 1. The zero-order chi connectivity index (χ0) is 50.2. The minimum Gasteiger partial charge on any atom is -0.508 e. The molecule has 8 rings (SSSR count). The van der Waals surface area contributed by atoms with Crippen LogP contribution in [0.4, 0.5) is 4.39 Å². The van der Waals surface area contributed by atoms with E-state index in [0.29, 0.717) is 36.1 Å². The maximum absolute atomic E-state index is 14.1. The fourth-order valence-electron chi connectivity index (χ4n) is 8.35. The van der Waals surface area contributed by atoms with Gasteiger partial charge < -0.3 is 44.9 Å². The molecule has 0 spiro atoms. The first-order chi connectivity index (χ1) is 34.1. The number of thiophene rings is 1. The number of rotatable bonds is 19. The Kier molecular flexibility index (Phi) is 16.0. The number of halogens is 1. The van der Waals surface area contributed by atoms with Crippen LogP contribution in [0.5, 0.6) is 28.7 Å². The number of hydrogen-bond acceptors (Lipinski definition) is 12. The Labute approximate surface area is 420 Å². The summed E-state index contributed by atoms with van der Waals surface area (Å²) in [5.41, 5.74) is 5.82. The number of carbonyl (C=O) groups excluding carboxylic acids is 3. The second kappa shape index (κ2) is 22.5. The van der Waals surface area contributed by atoms with Crippen molar-refractivity contribution in [3.05, 3.63) is 143 Å². The lowest BCUT2D eigenvalue weighted by molar-refractivity contribution is -0.144. The van der Waals surface area contributed by atoms with Gasteiger partial charge in [-0.3, -0.25) is 14.4 Å². The molecule has 0 radical (unpaired) electrons. The van der Waals surface area contributed by atoms with Gasteiger partial charge in [0.15, 0.2) is 12.4 Å². The average molecular weight is 1000 g/mol. The summed E-state index contributed by atoms with van der Waals surface area (Å²) in [6.07, 6.45) is -0.0699. The van der Waals surface area contributed by atoms with Gasteiger partial charge >= 0.3 is 0 Å². The molecule has 2 aromatic heterocycles. The van der Waals surface area contributed by atoms with E-state index < -0.39 is 35.4 Å². The zero-order valence-corrected chi connectivity index (χ0v) is 41.9. The molecule has 1 aliphatic rings. The molecule has 1 aliphatic heterocycles. The number of phenols is 1. The fraction of sp³-hybridized carbons (Fsp3) is 0.309. The minimum atomic E-state index is -0.986. The van der Waals surface area contributed by atoms with Crippen molar-refractivity contribution in [3.63, 3.8) is 0 Å². The highest BCUT2D eigenvalue weighted by molar-refractivity contribution is 7.22. The number of carbonyl (C=O) groups is 3. The van der Waals surface area contributed by atoms with Crippen molar-refractivity contribution in [2.45, 2.75) is 65.3 Å². The quantitative estimate of drug-likeness (QED) is 0.0614. The summed E-state index contributed by atoms with van der Waals surface area (Å²) in [5.74, 6) is 0.961.